The highest BCUT2D eigenvalue weighted by Crippen LogP contribution is 2.25. The Morgan fingerprint density at radius 1 is 1.04 bits per heavy atom. The second-order valence-corrected chi connectivity index (χ2v) is 4.93. The van der Waals surface area contributed by atoms with E-state index >= 15 is 0 Å². The summed E-state index contributed by atoms with van der Waals surface area (Å²) in [5, 5.41) is 2.85. The first-order chi connectivity index (χ1) is 11.2. The van der Waals surface area contributed by atoms with Gasteiger partial charge in [-0.1, -0.05) is 24.3 Å². The fraction of sp³-hybridized carbons (Fsp3) is 0.278. The number of para-hydroxylation sites is 2. The molecule has 0 radical (unpaired) electrons. The van der Waals surface area contributed by atoms with Crippen LogP contribution < -0.4 is 14.8 Å². The van der Waals surface area contributed by atoms with Gasteiger partial charge in [-0.05, 0) is 29.8 Å². The molecule has 0 atom stereocenters. The number of carbonyl (C=O) groups is 1. The number of hydrogen-bond donors (Lipinski definition) is 1. The molecule has 0 aliphatic heterocycles. The summed E-state index contributed by atoms with van der Waals surface area (Å²) >= 11 is 0. The highest BCUT2D eigenvalue weighted by atomic mass is 16.5. The first-order valence-corrected chi connectivity index (χ1v) is 7.36. The van der Waals surface area contributed by atoms with Gasteiger partial charge in [0, 0.05) is 12.8 Å². The number of anilines is 1. The molecule has 23 heavy (non-hydrogen) atoms. The van der Waals surface area contributed by atoms with Crippen molar-refractivity contribution < 1.29 is 19.0 Å². The van der Waals surface area contributed by atoms with Crippen molar-refractivity contribution in [3.05, 3.63) is 54.1 Å². The Morgan fingerprint density at radius 2 is 1.83 bits per heavy atom. The van der Waals surface area contributed by atoms with Gasteiger partial charge < -0.3 is 19.5 Å². The number of carbonyl (C=O) groups excluding carboxylic acids is 1. The van der Waals surface area contributed by atoms with Gasteiger partial charge in [0.05, 0.1) is 26.7 Å². The van der Waals surface area contributed by atoms with Gasteiger partial charge in [-0.2, -0.15) is 0 Å². The maximum absolute atomic E-state index is 12.0. The molecular weight excluding hydrogens is 294 g/mol. The average Bonchev–Trinajstić information content (AvgIpc) is 2.56. The Labute approximate surface area is 136 Å². The lowest BCUT2D eigenvalue weighted by Crippen LogP contribution is -2.15. The molecule has 0 aliphatic rings. The number of benzene rings is 2. The Kier molecular flexibility index (Phi) is 6.44. The molecule has 0 bridgehead atoms. The van der Waals surface area contributed by atoms with Crippen LogP contribution in [0.4, 0.5) is 5.69 Å². The lowest BCUT2D eigenvalue weighted by atomic mass is 10.2. The van der Waals surface area contributed by atoms with Crippen molar-refractivity contribution in [1.29, 1.82) is 0 Å². The first kappa shape index (κ1) is 16.8. The molecule has 1 amide bonds. The number of methoxy groups -OCH3 is 2. The quantitative estimate of drug-likeness (QED) is 0.812. The van der Waals surface area contributed by atoms with Crippen molar-refractivity contribution in [2.24, 2.45) is 0 Å². The summed E-state index contributed by atoms with van der Waals surface area (Å²) in [5.74, 6) is 1.18. The molecule has 0 aromatic heterocycles. The van der Waals surface area contributed by atoms with Crippen LogP contribution in [0.2, 0.25) is 0 Å². The lowest BCUT2D eigenvalue weighted by molar-refractivity contribution is -0.116. The zero-order valence-electron chi connectivity index (χ0n) is 13.4. The van der Waals surface area contributed by atoms with Crippen LogP contribution in [-0.4, -0.2) is 26.7 Å². The molecule has 1 N–H and O–H groups in total. The van der Waals surface area contributed by atoms with E-state index < -0.39 is 0 Å². The summed E-state index contributed by atoms with van der Waals surface area (Å²) in [4.78, 5) is 12.0. The zero-order chi connectivity index (χ0) is 16.5. The molecule has 2 aromatic carbocycles. The first-order valence-electron chi connectivity index (χ1n) is 7.36. The Bertz CT molecular complexity index is 642. The molecular formula is C18H21NO4. The summed E-state index contributed by atoms with van der Waals surface area (Å²) in [6, 6.07) is 14.9. The van der Waals surface area contributed by atoms with Crippen LogP contribution in [-0.2, 0) is 16.1 Å². The van der Waals surface area contributed by atoms with Gasteiger partial charge >= 0.3 is 0 Å². The summed E-state index contributed by atoms with van der Waals surface area (Å²) < 4.78 is 15.9. The van der Waals surface area contributed by atoms with E-state index in [1.165, 1.54) is 0 Å². The van der Waals surface area contributed by atoms with Gasteiger partial charge in [-0.15, -0.1) is 0 Å². The summed E-state index contributed by atoms with van der Waals surface area (Å²) in [5.41, 5.74) is 1.76. The predicted molar refractivity (Wildman–Crippen MR) is 88.9 cm³/mol. The van der Waals surface area contributed by atoms with Gasteiger partial charge in [-0.25, -0.2) is 0 Å². The van der Waals surface area contributed by atoms with E-state index in [0.717, 1.165) is 11.3 Å². The number of nitrogens with one attached hydrogen (secondary N) is 1. The number of rotatable bonds is 8. The van der Waals surface area contributed by atoms with E-state index in [0.29, 0.717) is 18.1 Å². The van der Waals surface area contributed by atoms with E-state index in [4.69, 9.17) is 14.2 Å². The molecule has 2 aromatic rings. The normalized spacial score (nSPS) is 10.2. The van der Waals surface area contributed by atoms with Gasteiger partial charge in [0.2, 0.25) is 5.91 Å². The van der Waals surface area contributed by atoms with Gasteiger partial charge in [-0.3, -0.25) is 4.79 Å². The standard InChI is InChI=1S/C18H21NO4/c1-21-13-14-6-5-7-15(12-14)19-18(20)10-11-23-17-9-4-3-8-16(17)22-2/h3-9,12H,10-11,13H2,1-2H3,(H,19,20). The van der Waals surface area contributed by atoms with Crippen molar-refractivity contribution in [1.82, 2.24) is 0 Å². The van der Waals surface area contributed by atoms with E-state index in [1.807, 2.05) is 48.5 Å². The van der Waals surface area contributed by atoms with Crippen molar-refractivity contribution in [2.45, 2.75) is 13.0 Å². The molecule has 0 saturated carbocycles. The highest BCUT2D eigenvalue weighted by molar-refractivity contribution is 5.90. The fourth-order valence-electron chi connectivity index (χ4n) is 2.12. The molecule has 0 heterocycles. The summed E-state index contributed by atoms with van der Waals surface area (Å²) in [6.45, 7) is 0.796. The van der Waals surface area contributed by atoms with Gasteiger partial charge in [0.15, 0.2) is 11.5 Å². The van der Waals surface area contributed by atoms with E-state index in [-0.39, 0.29) is 18.9 Å². The van der Waals surface area contributed by atoms with Crippen LogP contribution in [0, 0.1) is 0 Å². The van der Waals surface area contributed by atoms with Crippen LogP contribution in [0.15, 0.2) is 48.5 Å². The van der Waals surface area contributed by atoms with E-state index in [9.17, 15) is 4.79 Å². The van der Waals surface area contributed by atoms with Crippen LogP contribution in [0.5, 0.6) is 11.5 Å². The molecule has 0 unspecified atom stereocenters. The summed E-state index contributed by atoms with van der Waals surface area (Å²) in [6.07, 6.45) is 0.257. The second-order valence-electron chi connectivity index (χ2n) is 4.93. The van der Waals surface area contributed by atoms with Crippen molar-refractivity contribution in [3.63, 3.8) is 0 Å². The molecule has 5 heteroatoms. The number of amides is 1. The fourth-order valence-corrected chi connectivity index (χ4v) is 2.12. The molecule has 0 spiro atoms. The van der Waals surface area contributed by atoms with Crippen molar-refractivity contribution in [3.8, 4) is 11.5 Å². The van der Waals surface area contributed by atoms with Gasteiger partial charge in [0.1, 0.15) is 0 Å². The Hall–Kier alpha value is -2.53. The topological polar surface area (TPSA) is 56.8 Å². The SMILES string of the molecule is COCc1cccc(NC(=O)CCOc2ccccc2OC)c1. The van der Waals surface area contributed by atoms with Crippen LogP contribution >= 0.6 is 0 Å². The maximum Gasteiger partial charge on any atom is 0.227 e. The molecule has 0 fully saturated rings. The monoisotopic (exact) mass is 315 g/mol. The minimum atomic E-state index is -0.102. The van der Waals surface area contributed by atoms with Crippen LogP contribution in [0.1, 0.15) is 12.0 Å². The third kappa shape index (κ3) is 5.30. The minimum absolute atomic E-state index is 0.102. The Balaban J connectivity index is 1.82. The largest absolute Gasteiger partial charge is 0.493 e. The smallest absolute Gasteiger partial charge is 0.227 e. The van der Waals surface area contributed by atoms with E-state index in [1.54, 1.807) is 14.2 Å². The third-order valence-corrected chi connectivity index (χ3v) is 3.18. The van der Waals surface area contributed by atoms with Crippen molar-refractivity contribution in [2.75, 3.05) is 26.1 Å². The molecule has 0 aliphatic carbocycles. The predicted octanol–water partition coefficient (Wildman–Crippen LogP) is 3.25. The summed E-state index contributed by atoms with van der Waals surface area (Å²) in [7, 11) is 3.22. The highest BCUT2D eigenvalue weighted by Gasteiger charge is 2.06. The van der Waals surface area contributed by atoms with Crippen LogP contribution in [0.25, 0.3) is 0 Å². The molecule has 2 rings (SSSR count). The van der Waals surface area contributed by atoms with Gasteiger partial charge in [0.25, 0.3) is 0 Å². The third-order valence-electron chi connectivity index (χ3n) is 3.18. The van der Waals surface area contributed by atoms with Crippen LogP contribution in [0.3, 0.4) is 0 Å². The number of ether oxygens (including phenoxy) is 3. The number of hydrogen-bond acceptors (Lipinski definition) is 4. The minimum Gasteiger partial charge on any atom is -0.493 e. The maximum atomic E-state index is 12.0. The second kappa shape index (κ2) is 8.80. The van der Waals surface area contributed by atoms with Crippen molar-refractivity contribution >= 4 is 11.6 Å². The molecule has 0 saturated heterocycles. The molecule has 5 nitrogen and oxygen atoms in total. The van der Waals surface area contributed by atoms with E-state index in [2.05, 4.69) is 5.32 Å². The zero-order valence-corrected chi connectivity index (χ0v) is 13.4. The molecule has 122 valence electrons. The Morgan fingerprint density at radius 3 is 2.57 bits per heavy atom. The lowest BCUT2D eigenvalue weighted by Gasteiger charge is -2.10. The average molecular weight is 315 g/mol.